The number of carbonyl (C=O) groups excluding carboxylic acids is 1. The molecule has 0 saturated carbocycles. The normalized spacial score (nSPS) is 10.8. The van der Waals surface area contributed by atoms with E-state index in [2.05, 4.69) is 0 Å². The third kappa shape index (κ3) is 2.91. The molecule has 0 spiro atoms. The van der Waals surface area contributed by atoms with Crippen LogP contribution in [0.15, 0.2) is 42.6 Å². The molecule has 0 bridgehead atoms. The maximum atomic E-state index is 12.0. The summed E-state index contributed by atoms with van der Waals surface area (Å²) in [6.45, 7) is 0. The van der Waals surface area contributed by atoms with Gasteiger partial charge in [-0.05, 0) is 35.9 Å². The van der Waals surface area contributed by atoms with Gasteiger partial charge >= 0.3 is 0 Å². The molecule has 0 radical (unpaired) electrons. The van der Waals surface area contributed by atoms with Gasteiger partial charge in [0.25, 0.3) is 0 Å². The van der Waals surface area contributed by atoms with Gasteiger partial charge in [-0.25, -0.2) is 0 Å². The summed E-state index contributed by atoms with van der Waals surface area (Å²) in [4.78, 5) is 12.0. The fraction of sp³-hybridized carbons (Fsp3) is 0.188. The third-order valence-corrected chi connectivity index (χ3v) is 3.03. The summed E-state index contributed by atoms with van der Waals surface area (Å²) < 4.78 is 12.2. The molecule has 104 valence electrons. The molecule has 0 aliphatic carbocycles. The average molecular weight is 271 g/mol. The molecule has 2 aromatic rings. The molecule has 20 heavy (non-hydrogen) atoms. The van der Waals surface area contributed by atoms with Crippen LogP contribution >= 0.6 is 0 Å². The Morgan fingerprint density at radius 1 is 1.15 bits per heavy atom. The largest absolute Gasteiger partial charge is 0.493 e. The Labute approximate surface area is 118 Å². The Morgan fingerprint density at radius 3 is 2.50 bits per heavy atom. The zero-order valence-corrected chi connectivity index (χ0v) is 11.8. The highest BCUT2D eigenvalue weighted by Gasteiger charge is 2.06. The summed E-state index contributed by atoms with van der Waals surface area (Å²) in [6.07, 6.45) is 5.16. The second-order valence-electron chi connectivity index (χ2n) is 4.32. The van der Waals surface area contributed by atoms with Crippen LogP contribution in [0.1, 0.15) is 16.1 Å². The lowest BCUT2D eigenvalue weighted by atomic mass is 10.1. The molecule has 1 heterocycles. The molecule has 0 N–H and O–H groups in total. The number of rotatable bonds is 5. The predicted molar refractivity (Wildman–Crippen MR) is 78.3 cm³/mol. The van der Waals surface area contributed by atoms with Crippen LogP contribution in [-0.2, 0) is 7.05 Å². The van der Waals surface area contributed by atoms with E-state index in [-0.39, 0.29) is 5.78 Å². The van der Waals surface area contributed by atoms with Gasteiger partial charge in [-0.1, -0.05) is 12.1 Å². The number of nitrogens with zero attached hydrogens (tertiary/aromatic N) is 1. The molecule has 4 nitrogen and oxygen atoms in total. The van der Waals surface area contributed by atoms with Crippen LogP contribution in [0.4, 0.5) is 0 Å². The number of ketones is 1. The van der Waals surface area contributed by atoms with E-state index < -0.39 is 0 Å². The van der Waals surface area contributed by atoms with Crippen molar-refractivity contribution in [2.75, 3.05) is 14.2 Å². The number of methoxy groups -OCH3 is 2. The molecule has 1 aromatic carbocycles. The van der Waals surface area contributed by atoms with Crippen LogP contribution < -0.4 is 9.47 Å². The number of benzene rings is 1. The van der Waals surface area contributed by atoms with Crippen molar-refractivity contribution < 1.29 is 14.3 Å². The van der Waals surface area contributed by atoms with E-state index in [1.54, 1.807) is 37.0 Å². The number of aromatic nitrogens is 1. The Balaban J connectivity index is 2.19. The lowest BCUT2D eigenvalue weighted by molar-refractivity contribution is 0.104. The standard InChI is InChI=1S/C16H17NO3/c1-17-10-4-5-13(17)14(18)8-6-12-7-9-15(19-2)16(11-12)20-3/h4-11H,1-3H3/b8-6+. The Kier molecular flexibility index (Phi) is 4.25. The molecule has 0 unspecified atom stereocenters. The topological polar surface area (TPSA) is 40.5 Å². The Morgan fingerprint density at radius 2 is 1.90 bits per heavy atom. The van der Waals surface area contributed by atoms with Gasteiger partial charge < -0.3 is 14.0 Å². The fourth-order valence-electron chi connectivity index (χ4n) is 1.93. The quantitative estimate of drug-likeness (QED) is 0.620. The number of allylic oxidation sites excluding steroid dienone is 1. The number of hydrogen-bond donors (Lipinski definition) is 0. The van der Waals surface area contributed by atoms with Gasteiger partial charge in [-0.3, -0.25) is 4.79 Å². The number of aryl methyl sites for hydroxylation is 1. The number of carbonyl (C=O) groups is 1. The van der Waals surface area contributed by atoms with Gasteiger partial charge in [-0.2, -0.15) is 0 Å². The summed E-state index contributed by atoms with van der Waals surface area (Å²) in [5.74, 6) is 1.27. The highest BCUT2D eigenvalue weighted by molar-refractivity contribution is 6.05. The van der Waals surface area contributed by atoms with Gasteiger partial charge in [0.2, 0.25) is 5.78 Å². The monoisotopic (exact) mass is 271 g/mol. The van der Waals surface area contributed by atoms with E-state index in [4.69, 9.17) is 9.47 Å². The summed E-state index contributed by atoms with van der Waals surface area (Å²) >= 11 is 0. The van der Waals surface area contributed by atoms with Crippen molar-refractivity contribution in [2.24, 2.45) is 7.05 Å². The van der Waals surface area contributed by atoms with Crippen LogP contribution in [0.25, 0.3) is 6.08 Å². The third-order valence-electron chi connectivity index (χ3n) is 3.03. The maximum absolute atomic E-state index is 12.0. The number of hydrogen-bond acceptors (Lipinski definition) is 3. The van der Waals surface area contributed by atoms with E-state index in [1.807, 2.05) is 37.5 Å². The summed E-state index contributed by atoms with van der Waals surface area (Å²) in [5.41, 5.74) is 1.53. The Hall–Kier alpha value is -2.49. The van der Waals surface area contributed by atoms with Crippen molar-refractivity contribution in [3.8, 4) is 11.5 Å². The van der Waals surface area contributed by atoms with Gasteiger partial charge in [0.05, 0.1) is 19.9 Å². The molecule has 0 aliphatic heterocycles. The minimum absolute atomic E-state index is 0.0349. The zero-order valence-electron chi connectivity index (χ0n) is 11.8. The van der Waals surface area contributed by atoms with Crippen molar-refractivity contribution in [2.45, 2.75) is 0 Å². The first-order valence-electron chi connectivity index (χ1n) is 6.21. The van der Waals surface area contributed by atoms with E-state index in [0.717, 1.165) is 5.56 Å². The zero-order chi connectivity index (χ0) is 14.5. The minimum atomic E-state index is -0.0349. The van der Waals surface area contributed by atoms with E-state index in [0.29, 0.717) is 17.2 Å². The van der Waals surface area contributed by atoms with Crippen LogP contribution in [0.5, 0.6) is 11.5 Å². The van der Waals surface area contributed by atoms with Crippen LogP contribution in [-0.4, -0.2) is 24.6 Å². The second kappa shape index (κ2) is 6.10. The van der Waals surface area contributed by atoms with E-state index >= 15 is 0 Å². The lowest BCUT2D eigenvalue weighted by Gasteiger charge is -2.07. The maximum Gasteiger partial charge on any atom is 0.202 e. The van der Waals surface area contributed by atoms with E-state index in [1.165, 1.54) is 0 Å². The molecular weight excluding hydrogens is 254 g/mol. The molecule has 0 aliphatic rings. The van der Waals surface area contributed by atoms with Gasteiger partial charge in [-0.15, -0.1) is 0 Å². The Bertz CT molecular complexity index is 641. The fourth-order valence-corrected chi connectivity index (χ4v) is 1.93. The van der Waals surface area contributed by atoms with Crippen molar-refractivity contribution in [1.29, 1.82) is 0 Å². The SMILES string of the molecule is COc1ccc(/C=C/C(=O)c2cccn2C)cc1OC. The van der Waals surface area contributed by atoms with Gasteiger partial charge in [0.1, 0.15) is 0 Å². The first-order valence-corrected chi connectivity index (χ1v) is 6.21. The first kappa shape index (κ1) is 13.9. The van der Waals surface area contributed by atoms with Crippen LogP contribution in [0, 0.1) is 0 Å². The summed E-state index contributed by atoms with van der Waals surface area (Å²) in [7, 11) is 5.02. The van der Waals surface area contributed by atoms with Gasteiger partial charge in [0.15, 0.2) is 11.5 Å². The van der Waals surface area contributed by atoms with Crippen molar-refractivity contribution in [3.05, 3.63) is 53.9 Å². The molecule has 4 heteroatoms. The first-order chi connectivity index (χ1) is 9.65. The molecule has 0 fully saturated rings. The van der Waals surface area contributed by atoms with E-state index in [9.17, 15) is 4.79 Å². The van der Waals surface area contributed by atoms with Gasteiger partial charge in [0, 0.05) is 13.2 Å². The molecular formula is C16H17NO3. The number of ether oxygens (including phenoxy) is 2. The molecule has 0 saturated heterocycles. The second-order valence-corrected chi connectivity index (χ2v) is 4.32. The highest BCUT2D eigenvalue weighted by atomic mass is 16.5. The predicted octanol–water partition coefficient (Wildman–Crippen LogP) is 2.94. The summed E-state index contributed by atoms with van der Waals surface area (Å²) in [5, 5.41) is 0. The highest BCUT2D eigenvalue weighted by Crippen LogP contribution is 2.28. The van der Waals surface area contributed by atoms with Crippen LogP contribution in [0.3, 0.4) is 0 Å². The molecule has 0 atom stereocenters. The lowest BCUT2D eigenvalue weighted by Crippen LogP contribution is -2.01. The van der Waals surface area contributed by atoms with Crippen LogP contribution in [0.2, 0.25) is 0 Å². The molecule has 1 aromatic heterocycles. The molecule has 0 amide bonds. The smallest absolute Gasteiger partial charge is 0.202 e. The molecule has 2 rings (SSSR count). The van der Waals surface area contributed by atoms with Crippen molar-refractivity contribution >= 4 is 11.9 Å². The average Bonchev–Trinajstić information content (AvgIpc) is 2.90. The van der Waals surface area contributed by atoms with Crippen molar-refractivity contribution in [3.63, 3.8) is 0 Å². The summed E-state index contributed by atoms with van der Waals surface area (Å²) in [6, 6.07) is 9.15. The van der Waals surface area contributed by atoms with Crippen molar-refractivity contribution in [1.82, 2.24) is 4.57 Å². The minimum Gasteiger partial charge on any atom is -0.493 e.